The molecule has 1 aromatic rings. The van der Waals surface area contributed by atoms with E-state index in [0.717, 1.165) is 45.6 Å². The van der Waals surface area contributed by atoms with Crippen molar-refractivity contribution in [3.63, 3.8) is 0 Å². The number of nitrogens with one attached hydrogen (secondary N) is 1. The van der Waals surface area contributed by atoms with Gasteiger partial charge in [-0.25, -0.2) is 0 Å². The highest BCUT2D eigenvalue weighted by Gasteiger charge is 2.43. The van der Waals surface area contributed by atoms with E-state index in [1.807, 2.05) is 0 Å². The average molecular weight is 327 g/mol. The van der Waals surface area contributed by atoms with Crippen molar-refractivity contribution >= 4 is 5.91 Å². The van der Waals surface area contributed by atoms with E-state index in [4.69, 9.17) is 0 Å². The molecule has 1 N–H and O–H groups in total. The van der Waals surface area contributed by atoms with Crippen molar-refractivity contribution in [3.05, 3.63) is 35.4 Å². The third kappa shape index (κ3) is 3.65. The Balaban J connectivity index is 1.35. The zero-order valence-corrected chi connectivity index (χ0v) is 14.6. The predicted molar refractivity (Wildman–Crippen MR) is 95.5 cm³/mol. The van der Waals surface area contributed by atoms with Crippen LogP contribution in [-0.2, 0) is 17.9 Å². The molecule has 4 rings (SSSR count). The summed E-state index contributed by atoms with van der Waals surface area (Å²) in [6, 6.07) is 9.12. The lowest BCUT2D eigenvalue weighted by Gasteiger charge is -2.26. The summed E-state index contributed by atoms with van der Waals surface area (Å²) in [5.74, 6) is 0.236. The van der Waals surface area contributed by atoms with Crippen molar-refractivity contribution in [1.29, 1.82) is 0 Å². The van der Waals surface area contributed by atoms with Gasteiger partial charge in [0.25, 0.3) is 0 Å². The molecule has 0 saturated carbocycles. The van der Waals surface area contributed by atoms with Crippen molar-refractivity contribution < 1.29 is 4.79 Å². The van der Waals surface area contributed by atoms with Crippen LogP contribution < -0.4 is 5.32 Å². The fourth-order valence-electron chi connectivity index (χ4n) is 4.66. The zero-order chi connectivity index (χ0) is 16.4. The number of carbonyl (C=O) groups is 1. The predicted octanol–water partition coefficient (Wildman–Crippen LogP) is 2.38. The minimum atomic E-state index is 0.211. The SMILES string of the molecule is O=C1CC2(CCN(Cc3cccc(CN4CCCCC4)c3)C2)CN1. The number of amides is 1. The molecule has 1 spiro atoms. The summed E-state index contributed by atoms with van der Waals surface area (Å²) in [5.41, 5.74) is 3.07. The fourth-order valence-corrected chi connectivity index (χ4v) is 4.66. The summed E-state index contributed by atoms with van der Waals surface area (Å²) in [7, 11) is 0. The van der Waals surface area contributed by atoms with Gasteiger partial charge in [-0.3, -0.25) is 14.6 Å². The number of hydrogen-bond donors (Lipinski definition) is 1. The van der Waals surface area contributed by atoms with Gasteiger partial charge >= 0.3 is 0 Å². The Labute approximate surface area is 145 Å². The smallest absolute Gasteiger partial charge is 0.220 e. The number of rotatable bonds is 4. The van der Waals surface area contributed by atoms with E-state index in [-0.39, 0.29) is 11.3 Å². The first-order valence-electron chi connectivity index (χ1n) is 9.50. The lowest BCUT2D eigenvalue weighted by atomic mass is 9.86. The summed E-state index contributed by atoms with van der Waals surface area (Å²) in [5, 5.41) is 3.02. The van der Waals surface area contributed by atoms with Crippen molar-refractivity contribution in [1.82, 2.24) is 15.1 Å². The molecule has 0 aromatic heterocycles. The van der Waals surface area contributed by atoms with E-state index in [0.29, 0.717) is 0 Å². The Bertz CT molecular complexity index is 596. The van der Waals surface area contributed by atoms with E-state index in [2.05, 4.69) is 39.4 Å². The number of benzene rings is 1. The third-order valence-electron chi connectivity index (χ3n) is 5.97. The van der Waals surface area contributed by atoms with Crippen LogP contribution in [0.5, 0.6) is 0 Å². The van der Waals surface area contributed by atoms with Crippen LogP contribution in [0, 0.1) is 5.41 Å². The molecule has 3 heterocycles. The molecule has 0 aliphatic carbocycles. The lowest BCUT2D eigenvalue weighted by Crippen LogP contribution is -2.29. The summed E-state index contributed by atoms with van der Waals surface area (Å²) < 4.78 is 0. The molecule has 4 nitrogen and oxygen atoms in total. The molecular formula is C20H29N3O. The summed E-state index contributed by atoms with van der Waals surface area (Å²) in [6.07, 6.45) is 5.97. The molecule has 1 unspecified atom stereocenters. The highest BCUT2D eigenvalue weighted by Crippen LogP contribution is 2.37. The summed E-state index contributed by atoms with van der Waals surface area (Å²) >= 11 is 0. The third-order valence-corrected chi connectivity index (χ3v) is 5.97. The Kier molecular flexibility index (Phi) is 4.59. The van der Waals surface area contributed by atoms with Crippen molar-refractivity contribution in [2.45, 2.75) is 45.2 Å². The number of hydrogen-bond acceptors (Lipinski definition) is 3. The average Bonchev–Trinajstić information content (AvgIpc) is 3.14. The first kappa shape index (κ1) is 16.1. The zero-order valence-electron chi connectivity index (χ0n) is 14.6. The molecule has 130 valence electrons. The van der Waals surface area contributed by atoms with Crippen LogP contribution in [0.15, 0.2) is 24.3 Å². The summed E-state index contributed by atoms with van der Waals surface area (Å²) in [6.45, 7) is 7.66. The second kappa shape index (κ2) is 6.85. The molecule has 24 heavy (non-hydrogen) atoms. The van der Waals surface area contributed by atoms with E-state index in [1.54, 1.807) is 0 Å². The van der Waals surface area contributed by atoms with Gasteiger partial charge in [-0.05, 0) is 50.0 Å². The van der Waals surface area contributed by atoms with Gasteiger partial charge in [-0.1, -0.05) is 30.7 Å². The van der Waals surface area contributed by atoms with Crippen LogP contribution in [0.4, 0.5) is 0 Å². The topological polar surface area (TPSA) is 35.6 Å². The fraction of sp³-hybridized carbons (Fsp3) is 0.650. The highest BCUT2D eigenvalue weighted by atomic mass is 16.1. The largest absolute Gasteiger partial charge is 0.355 e. The maximum Gasteiger partial charge on any atom is 0.220 e. The second-order valence-corrected chi connectivity index (χ2v) is 8.07. The Morgan fingerprint density at radius 2 is 1.75 bits per heavy atom. The van der Waals surface area contributed by atoms with Gasteiger partial charge in [-0.15, -0.1) is 0 Å². The van der Waals surface area contributed by atoms with Gasteiger partial charge in [-0.2, -0.15) is 0 Å². The Hall–Kier alpha value is -1.39. The standard InChI is InChI=1S/C20H29N3O/c24-19-12-20(15-21-19)7-10-23(16-20)14-18-6-4-5-17(11-18)13-22-8-2-1-3-9-22/h4-6,11H,1-3,7-10,12-16H2,(H,21,24). The van der Waals surface area contributed by atoms with Crippen LogP contribution in [0.25, 0.3) is 0 Å². The molecule has 1 atom stereocenters. The molecule has 1 amide bonds. The number of carbonyl (C=O) groups excluding carboxylic acids is 1. The van der Waals surface area contributed by atoms with Gasteiger partial charge in [0.1, 0.15) is 0 Å². The van der Waals surface area contributed by atoms with Crippen molar-refractivity contribution in [2.75, 3.05) is 32.7 Å². The highest BCUT2D eigenvalue weighted by molar-refractivity contribution is 5.79. The van der Waals surface area contributed by atoms with Crippen LogP contribution in [0.1, 0.15) is 43.2 Å². The minimum Gasteiger partial charge on any atom is -0.355 e. The number of likely N-dealkylation sites (tertiary alicyclic amines) is 2. The van der Waals surface area contributed by atoms with E-state index < -0.39 is 0 Å². The maximum absolute atomic E-state index is 11.6. The van der Waals surface area contributed by atoms with Gasteiger partial charge < -0.3 is 5.32 Å². The summed E-state index contributed by atoms with van der Waals surface area (Å²) in [4.78, 5) is 16.7. The first-order valence-corrected chi connectivity index (χ1v) is 9.50. The molecule has 0 radical (unpaired) electrons. The minimum absolute atomic E-state index is 0.211. The van der Waals surface area contributed by atoms with Crippen LogP contribution in [0.2, 0.25) is 0 Å². The molecule has 3 saturated heterocycles. The molecule has 0 bridgehead atoms. The Morgan fingerprint density at radius 1 is 1.00 bits per heavy atom. The van der Waals surface area contributed by atoms with Crippen molar-refractivity contribution in [2.24, 2.45) is 5.41 Å². The van der Waals surface area contributed by atoms with Gasteiger partial charge in [0.15, 0.2) is 0 Å². The normalized spacial score (nSPS) is 28.6. The van der Waals surface area contributed by atoms with Gasteiger partial charge in [0.2, 0.25) is 5.91 Å². The van der Waals surface area contributed by atoms with E-state index in [1.165, 1.54) is 43.5 Å². The number of piperidine rings is 1. The molecular weight excluding hydrogens is 298 g/mol. The lowest BCUT2D eigenvalue weighted by molar-refractivity contribution is -0.119. The molecule has 3 aliphatic rings. The first-order chi connectivity index (χ1) is 11.7. The maximum atomic E-state index is 11.6. The van der Waals surface area contributed by atoms with Crippen LogP contribution in [0.3, 0.4) is 0 Å². The Morgan fingerprint density at radius 3 is 2.46 bits per heavy atom. The second-order valence-electron chi connectivity index (χ2n) is 8.07. The monoisotopic (exact) mass is 327 g/mol. The van der Waals surface area contributed by atoms with Crippen LogP contribution in [-0.4, -0.2) is 48.4 Å². The molecule has 3 fully saturated rings. The number of nitrogens with zero attached hydrogens (tertiary/aromatic N) is 2. The van der Waals surface area contributed by atoms with E-state index >= 15 is 0 Å². The van der Waals surface area contributed by atoms with E-state index in [9.17, 15) is 4.79 Å². The van der Waals surface area contributed by atoms with Gasteiger partial charge in [0, 0.05) is 38.0 Å². The van der Waals surface area contributed by atoms with Crippen LogP contribution >= 0.6 is 0 Å². The molecule has 1 aromatic carbocycles. The molecule has 4 heteroatoms. The quantitative estimate of drug-likeness (QED) is 0.922. The molecule has 3 aliphatic heterocycles. The van der Waals surface area contributed by atoms with Crippen molar-refractivity contribution in [3.8, 4) is 0 Å². The van der Waals surface area contributed by atoms with Gasteiger partial charge in [0.05, 0.1) is 0 Å².